The molecule has 98 valence electrons. The van der Waals surface area contributed by atoms with Crippen molar-refractivity contribution in [2.75, 3.05) is 6.54 Å². The molecule has 4 N–H and O–H groups in total. The second-order valence-electron chi connectivity index (χ2n) is 4.95. The molecule has 0 saturated carbocycles. The molecule has 2 aromatic heterocycles. The van der Waals surface area contributed by atoms with Crippen molar-refractivity contribution in [3.63, 3.8) is 0 Å². The summed E-state index contributed by atoms with van der Waals surface area (Å²) in [5, 5.41) is 8.46. The molecule has 0 unspecified atom stereocenters. The molecule has 0 saturated heterocycles. The van der Waals surface area contributed by atoms with E-state index in [0.29, 0.717) is 6.54 Å². The predicted molar refractivity (Wildman–Crippen MR) is 77.2 cm³/mol. The zero-order chi connectivity index (χ0) is 13.2. The molecular weight excluding hydrogens is 236 g/mol. The molecule has 4 heteroatoms. The minimum Gasteiger partial charge on any atom is -0.361 e. The fourth-order valence-electron chi connectivity index (χ4n) is 2.49. The van der Waals surface area contributed by atoms with Crippen molar-refractivity contribution in [2.24, 2.45) is 5.73 Å². The number of aryl methyl sites for hydroxylation is 1. The van der Waals surface area contributed by atoms with Gasteiger partial charge in [0.25, 0.3) is 0 Å². The molecular formula is C15H18N4. The molecule has 0 aliphatic rings. The smallest absolute Gasteiger partial charge is 0.0525 e. The lowest BCUT2D eigenvalue weighted by atomic mass is 10.0. The fraction of sp³-hybridized carbons (Fsp3) is 0.267. The zero-order valence-corrected chi connectivity index (χ0v) is 11.0. The van der Waals surface area contributed by atoms with Gasteiger partial charge in [-0.25, -0.2) is 0 Å². The maximum Gasteiger partial charge on any atom is 0.0525 e. The average Bonchev–Trinajstić information content (AvgIpc) is 2.99. The Bertz CT molecular complexity index is 693. The summed E-state index contributed by atoms with van der Waals surface area (Å²) in [7, 11) is 0. The minimum atomic E-state index is 0.641. The quantitative estimate of drug-likeness (QED) is 0.668. The van der Waals surface area contributed by atoms with E-state index in [0.717, 1.165) is 18.5 Å². The van der Waals surface area contributed by atoms with Crippen molar-refractivity contribution in [1.29, 1.82) is 0 Å². The molecule has 19 heavy (non-hydrogen) atoms. The molecule has 0 fully saturated rings. The van der Waals surface area contributed by atoms with Crippen LogP contribution in [-0.4, -0.2) is 21.7 Å². The Morgan fingerprint density at radius 1 is 1.26 bits per heavy atom. The molecule has 3 aromatic rings. The molecule has 3 rings (SSSR count). The topological polar surface area (TPSA) is 70.5 Å². The van der Waals surface area contributed by atoms with Crippen LogP contribution in [0.15, 0.2) is 30.6 Å². The number of benzene rings is 1. The Kier molecular flexibility index (Phi) is 3.09. The Hall–Kier alpha value is -2.07. The van der Waals surface area contributed by atoms with Crippen molar-refractivity contribution in [3.05, 3.63) is 53.0 Å². The summed E-state index contributed by atoms with van der Waals surface area (Å²) in [4.78, 5) is 3.32. The third-order valence-corrected chi connectivity index (χ3v) is 3.51. The molecule has 0 atom stereocenters. The van der Waals surface area contributed by atoms with Gasteiger partial charge in [0.05, 0.1) is 6.20 Å². The first kappa shape index (κ1) is 12.0. The highest BCUT2D eigenvalue weighted by atomic mass is 15.1. The van der Waals surface area contributed by atoms with Gasteiger partial charge in [0.15, 0.2) is 0 Å². The number of hydrogen-bond donors (Lipinski definition) is 3. The second kappa shape index (κ2) is 4.90. The van der Waals surface area contributed by atoms with Crippen molar-refractivity contribution in [2.45, 2.75) is 19.8 Å². The van der Waals surface area contributed by atoms with Gasteiger partial charge in [0.1, 0.15) is 0 Å². The lowest BCUT2D eigenvalue weighted by molar-refractivity contribution is 0.890. The maximum absolute atomic E-state index is 5.62. The molecule has 0 amide bonds. The minimum absolute atomic E-state index is 0.641. The Morgan fingerprint density at radius 3 is 3.00 bits per heavy atom. The average molecular weight is 254 g/mol. The van der Waals surface area contributed by atoms with Gasteiger partial charge in [-0.1, -0.05) is 11.6 Å². The number of H-pyrrole nitrogens is 2. The van der Waals surface area contributed by atoms with Crippen LogP contribution in [0.2, 0.25) is 0 Å². The van der Waals surface area contributed by atoms with Crippen LogP contribution >= 0.6 is 0 Å². The van der Waals surface area contributed by atoms with Crippen LogP contribution in [0, 0.1) is 6.92 Å². The third-order valence-electron chi connectivity index (χ3n) is 3.51. The summed E-state index contributed by atoms with van der Waals surface area (Å²) in [6, 6.07) is 6.48. The van der Waals surface area contributed by atoms with Crippen molar-refractivity contribution >= 4 is 10.9 Å². The molecule has 0 radical (unpaired) electrons. The normalized spacial score (nSPS) is 11.3. The van der Waals surface area contributed by atoms with E-state index in [1.54, 1.807) is 0 Å². The number of aromatic amines is 2. The summed E-state index contributed by atoms with van der Waals surface area (Å²) >= 11 is 0. The van der Waals surface area contributed by atoms with Crippen LogP contribution in [0.1, 0.15) is 22.4 Å². The van der Waals surface area contributed by atoms with Gasteiger partial charge in [-0.2, -0.15) is 5.10 Å². The summed E-state index contributed by atoms with van der Waals surface area (Å²) in [5.74, 6) is 0. The van der Waals surface area contributed by atoms with Crippen molar-refractivity contribution in [1.82, 2.24) is 15.2 Å². The van der Waals surface area contributed by atoms with Gasteiger partial charge < -0.3 is 10.7 Å². The van der Waals surface area contributed by atoms with Gasteiger partial charge in [0, 0.05) is 35.6 Å². The van der Waals surface area contributed by atoms with Gasteiger partial charge in [-0.15, -0.1) is 0 Å². The van der Waals surface area contributed by atoms with E-state index in [9.17, 15) is 0 Å². The van der Waals surface area contributed by atoms with Crippen LogP contribution in [-0.2, 0) is 12.8 Å². The number of rotatable bonds is 4. The molecule has 0 bridgehead atoms. The van der Waals surface area contributed by atoms with Crippen molar-refractivity contribution in [3.8, 4) is 0 Å². The highest BCUT2D eigenvalue weighted by molar-refractivity contribution is 5.84. The first-order chi connectivity index (χ1) is 9.28. The highest BCUT2D eigenvalue weighted by Gasteiger charge is 2.09. The van der Waals surface area contributed by atoms with Gasteiger partial charge in [-0.05, 0) is 36.7 Å². The van der Waals surface area contributed by atoms with Crippen LogP contribution < -0.4 is 5.73 Å². The lowest BCUT2D eigenvalue weighted by Gasteiger charge is -2.02. The van der Waals surface area contributed by atoms with Crippen LogP contribution in [0.3, 0.4) is 0 Å². The number of nitrogens with two attached hydrogens (primary N) is 1. The van der Waals surface area contributed by atoms with Gasteiger partial charge >= 0.3 is 0 Å². The van der Waals surface area contributed by atoms with E-state index >= 15 is 0 Å². The molecule has 1 aromatic carbocycles. The number of aromatic nitrogens is 3. The van der Waals surface area contributed by atoms with E-state index in [4.69, 9.17) is 5.73 Å². The zero-order valence-electron chi connectivity index (χ0n) is 11.0. The number of fused-ring (bicyclic) bond motifs is 1. The number of nitrogens with one attached hydrogen (secondary N) is 2. The van der Waals surface area contributed by atoms with E-state index in [1.807, 2.05) is 6.20 Å². The van der Waals surface area contributed by atoms with Crippen LogP contribution in [0.25, 0.3) is 10.9 Å². The summed E-state index contributed by atoms with van der Waals surface area (Å²) < 4.78 is 0. The van der Waals surface area contributed by atoms with Crippen LogP contribution in [0.4, 0.5) is 0 Å². The summed E-state index contributed by atoms with van der Waals surface area (Å²) in [5.41, 5.74) is 11.8. The van der Waals surface area contributed by atoms with Crippen molar-refractivity contribution < 1.29 is 0 Å². The highest BCUT2D eigenvalue weighted by Crippen LogP contribution is 2.23. The Morgan fingerprint density at radius 2 is 2.16 bits per heavy atom. The lowest BCUT2D eigenvalue weighted by Crippen LogP contribution is -2.05. The molecule has 4 nitrogen and oxygen atoms in total. The SMILES string of the molecule is Cc1ccc2[nH]cc(Cc3cn[nH]c3CCN)c2c1. The second-order valence-corrected chi connectivity index (χ2v) is 4.95. The third kappa shape index (κ3) is 2.27. The fourth-order valence-corrected chi connectivity index (χ4v) is 2.49. The Labute approximate surface area is 112 Å². The van der Waals surface area contributed by atoms with Crippen LogP contribution in [0.5, 0.6) is 0 Å². The molecule has 2 heterocycles. The maximum atomic E-state index is 5.62. The number of hydrogen-bond acceptors (Lipinski definition) is 2. The Balaban J connectivity index is 1.96. The van der Waals surface area contributed by atoms with Gasteiger partial charge in [0.2, 0.25) is 0 Å². The molecule has 0 aliphatic heterocycles. The summed E-state index contributed by atoms with van der Waals surface area (Å²) in [6.45, 7) is 2.76. The predicted octanol–water partition coefficient (Wildman–Crippen LogP) is 2.29. The summed E-state index contributed by atoms with van der Waals surface area (Å²) in [6.07, 6.45) is 5.72. The van der Waals surface area contributed by atoms with E-state index < -0.39 is 0 Å². The van der Waals surface area contributed by atoms with E-state index in [1.165, 1.54) is 27.6 Å². The van der Waals surface area contributed by atoms with Gasteiger partial charge in [-0.3, -0.25) is 5.10 Å². The largest absolute Gasteiger partial charge is 0.361 e. The first-order valence-corrected chi connectivity index (χ1v) is 6.55. The first-order valence-electron chi connectivity index (χ1n) is 6.55. The van der Waals surface area contributed by atoms with E-state index in [-0.39, 0.29) is 0 Å². The van der Waals surface area contributed by atoms with E-state index in [2.05, 4.69) is 46.5 Å². The standard InChI is InChI=1S/C15H18N4/c1-10-2-3-15-13(6-10)11(8-17-15)7-12-9-18-19-14(12)4-5-16/h2-3,6,8-9,17H,4-5,7,16H2,1H3,(H,18,19). The monoisotopic (exact) mass is 254 g/mol. The molecule has 0 spiro atoms. The molecule has 0 aliphatic carbocycles. The number of nitrogens with zero attached hydrogens (tertiary/aromatic N) is 1.